The number of fused-ring (bicyclic) bond motifs is 6. The van der Waals surface area contributed by atoms with Gasteiger partial charge in [0.15, 0.2) is 5.72 Å². The van der Waals surface area contributed by atoms with E-state index in [1.54, 1.807) is 66.0 Å². The maximum atomic E-state index is 14.1. The minimum Gasteiger partial charge on any atom is -0.495 e. The van der Waals surface area contributed by atoms with Crippen LogP contribution in [0.3, 0.4) is 0 Å². The molecule has 2 fully saturated rings. The third-order valence-electron chi connectivity index (χ3n) is 10.0. The summed E-state index contributed by atoms with van der Waals surface area (Å²) < 4.78 is 28.8. The Morgan fingerprint density at radius 3 is 2.48 bits per heavy atom. The lowest BCUT2D eigenvalue weighted by Crippen LogP contribution is -2.72. The monoisotopic (exact) mass is 765 g/mol. The van der Waals surface area contributed by atoms with Crippen molar-refractivity contribution in [1.82, 2.24) is 10.2 Å². The number of hydrogen-bond acceptors (Lipinski definition) is 11. The standard InChI is InChI=1S/C37H52ClN3O10S/c1-21-12-11-13-26(48-10)37(46)18-28(50-33(45)39-37)36(6)20-35(5,51-36)27(49-32(44)22(2)40(7)30(43)19-34(3,4)52)17-29(42)41(8)24-15-23(14-21)16-25(47-9)31(24)38/h11-13,15-16,22,26-28,46,52H,14,17-20H2,1-10H3,(H,39,45)/b13-11+,21-12+/t22-,26+,27-,28-,35+,36?,37-/m0/s1. The molecule has 0 radical (unpaired) electrons. The molecular weight excluding hydrogens is 714 g/mol. The molecule has 15 heteroatoms. The van der Waals surface area contributed by atoms with Crippen LogP contribution in [0.5, 0.6) is 5.75 Å². The first kappa shape index (κ1) is 41.5. The number of rotatable bonds is 7. The predicted octanol–water partition coefficient (Wildman–Crippen LogP) is 4.76. The number of thiol groups is 1. The van der Waals surface area contributed by atoms with E-state index in [4.69, 9.17) is 35.3 Å². The van der Waals surface area contributed by atoms with Crippen molar-refractivity contribution in [3.63, 3.8) is 0 Å². The molecule has 3 amide bonds. The number of allylic oxidation sites excluding steroid dienone is 3. The molecule has 13 nitrogen and oxygen atoms in total. The van der Waals surface area contributed by atoms with Crippen molar-refractivity contribution >= 4 is 53.8 Å². The molecule has 4 heterocycles. The second-order valence-corrected chi connectivity index (χ2v) is 16.8. The minimum atomic E-state index is -1.86. The summed E-state index contributed by atoms with van der Waals surface area (Å²) in [6, 6.07) is 2.57. The van der Waals surface area contributed by atoms with E-state index in [-0.39, 0.29) is 36.6 Å². The summed E-state index contributed by atoms with van der Waals surface area (Å²) in [5.74, 6) is -1.12. The molecule has 288 valence electrons. The van der Waals surface area contributed by atoms with Crippen LogP contribution in [0.15, 0.2) is 35.9 Å². The lowest BCUT2D eigenvalue weighted by Gasteiger charge is -2.59. The van der Waals surface area contributed by atoms with Crippen LogP contribution in [-0.2, 0) is 39.8 Å². The molecule has 0 saturated carbocycles. The first-order chi connectivity index (χ1) is 24.0. The smallest absolute Gasteiger partial charge is 0.409 e. The number of ether oxygens (including phenoxy) is 5. The molecule has 52 heavy (non-hydrogen) atoms. The number of nitrogens with zero attached hydrogens (tertiary/aromatic N) is 2. The molecule has 1 aromatic rings. The maximum Gasteiger partial charge on any atom is 0.409 e. The highest BCUT2D eigenvalue weighted by molar-refractivity contribution is 7.81. The SMILES string of the molecule is COc1cc2cc(c1Cl)N(C)C(=O)C[C@H](OC(=O)[C@H](C)N(C)C(=O)CC(C)(C)S)[C@@]1(C)CC(C)(O1)[C@@H]1C[C@@](O)(NC(=O)O1)[C@H](OC)/C=C/C=C(\C)C2. The van der Waals surface area contributed by atoms with Gasteiger partial charge in [-0.3, -0.25) is 14.9 Å². The van der Waals surface area contributed by atoms with Gasteiger partial charge < -0.3 is 38.6 Å². The van der Waals surface area contributed by atoms with Crippen molar-refractivity contribution in [2.45, 2.75) is 120 Å². The van der Waals surface area contributed by atoms with E-state index < -0.39 is 64.0 Å². The van der Waals surface area contributed by atoms with Crippen molar-refractivity contribution in [1.29, 1.82) is 0 Å². The van der Waals surface area contributed by atoms with E-state index in [2.05, 4.69) is 17.9 Å². The summed E-state index contributed by atoms with van der Waals surface area (Å²) in [6.07, 6.45) is 1.59. The number of benzene rings is 1. The number of alkyl carbamates (subject to hydrolysis) is 1. The van der Waals surface area contributed by atoms with Crippen molar-refractivity contribution in [3.05, 3.63) is 46.5 Å². The number of carbonyl (C=O) groups is 4. The van der Waals surface area contributed by atoms with Crippen LogP contribution in [0, 0.1) is 0 Å². The van der Waals surface area contributed by atoms with E-state index in [9.17, 15) is 24.3 Å². The second-order valence-electron chi connectivity index (χ2n) is 15.2. The maximum absolute atomic E-state index is 14.1. The Morgan fingerprint density at radius 2 is 1.88 bits per heavy atom. The Bertz CT molecular complexity index is 1620. The minimum absolute atomic E-state index is 0.0791. The van der Waals surface area contributed by atoms with Gasteiger partial charge in [-0.15, -0.1) is 0 Å². The van der Waals surface area contributed by atoms with Crippen LogP contribution < -0.4 is 15.0 Å². The fourth-order valence-electron chi connectivity index (χ4n) is 7.01. The van der Waals surface area contributed by atoms with Gasteiger partial charge in [-0.2, -0.15) is 12.6 Å². The van der Waals surface area contributed by atoms with Crippen LogP contribution in [0.1, 0.15) is 72.8 Å². The summed E-state index contributed by atoms with van der Waals surface area (Å²) in [4.78, 5) is 56.3. The van der Waals surface area contributed by atoms with Gasteiger partial charge in [-0.1, -0.05) is 49.2 Å². The first-order valence-corrected chi connectivity index (χ1v) is 18.0. The van der Waals surface area contributed by atoms with Gasteiger partial charge in [0.05, 0.1) is 19.2 Å². The van der Waals surface area contributed by atoms with Gasteiger partial charge in [0.2, 0.25) is 11.8 Å². The Morgan fingerprint density at radius 1 is 1.23 bits per heavy atom. The zero-order valence-electron chi connectivity index (χ0n) is 31.6. The molecule has 0 spiro atoms. The number of amides is 3. The van der Waals surface area contributed by atoms with E-state index in [0.717, 1.165) is 11.1 Å². The summed E-state index contributed by atoms with van der Waals surface area (Å²) in [6.45, 7) is 10.5. The highest BCUT2D eigenvalue weighted by Crippen LogP contribution is 2.50. The largest absolute Gasteiger partial charge is 0.495 e. The van der Waals surface area contributed by atoms with Gasteiger partial charge in [0, 0.05) is 45.2 Å². The van der Waals surface area contributed by atoms with Crippen LogP contribution in [0.2, 0.25) is 5.02 Å². The van der Waals surface area contributed by atoms with Gasteiger partial charge in [0.1, 0.15) is 46.3 Å². The highest BCUT2D eigenvalue weighted by Gasteiger charge is 2.63. The Kier molecular flexibility index (Phi) is 12.4. The van der Waals surface area contributed by atoms with Crippen LogP contribution in [-0.4, -0.2) is 108 Å². The summed E-state index contributed by atoms with van der Waals surface area (Å²) in [5.41, 5.74) is -2.14. The summed E-state index contributed by atoms with van der Waals surface area (Å²) in [7, 11) is 5.99. The van der Waals surface area contributed by atoms with Gasteiger partial charge in [-0.25, -0.2) is 9.59 Å². The van der Waals surface area contributed by atoms with E-state index in [0.29, 0.717) is 17.9 Å². The van der Waals surface area contributed by atoms with Crippen LogP contribution in [0.25, 0.3) is 0 Å². The number of methoxy groups -OCH3 is 2. The van der Waals surface area contributed by atoms with Crippen molar-refractivity contribution < 1.29 is 48.0 Å². The number of aliphatic hydroxyl groups is 1. The third kappa shape index (κ3) is 9.07. The number of esters is 1. The number of anilines is 1. The van der Waals surface area contributed by atoms with E-state index in [1.807, 2.05) is 13.0 Å². The lowest BCUT2D eigenvalue weighted by atomic mass is 9.72. The second kappa shape index (κ2) is 15.6. The third-order valence-corrected chi connectivity index (χ3v) is 10.6. The first-order valence-electron chi connectivity index (χ1n) is 17.1. The number of nitrogens with one attached hydrogen (secondary N) is 1. The number of carbonyl (C=O) groups excluding carboxylic acids is 4. The quantitative estimate of drug-likeness (QED) is 0.262. The average Bonchev–Trinajstić information content (AvgIpc) is 3.03. The highest BCUT2D eigenvalue weighted by atomic mass is 35.5. The molecular formula is C37H52ClN3O10S. The zero-order chi connectivity index (χ0) is 39.0. The fourth-order valence-corrected chi connectivity index (χ4v) is 7.45. The summed E-state index contributed by atoms with van der Waals surface area (Å²) in [5, 5.41) is 14.5. The van der Waals surface area contributed by atoms with Gasteiger partial charge in [-0.05, 0) is 51.8 Å². The molecule has 1 aromatic carbocycles. The predicted molar refractivity (Wildman–Crippen MR) is 199 cm³/mol. The molecule has 2 N–H and O–H groups in total. The molecule has 7 atom stereocenters. The Hall–Kier alpha value is -3.30. The van der Waals surface area contributed by atoms with Crippen LogP contribution in [0.4, 0.5) is 10.5 Å². The van der Waals surface area contributed by atoms with Crippen LogP contribution >= 0.6 is 24.2 Å². The molecule has 4 aliphatic heterocycles. The average molecular weight is 766 g/mol. The van der Waals surface area contributed by atoms with E-state index in [1.165, 1.54) is 31.1 Å². The molecule has 6 bridgehead atoms. The molecule has 2 saturated heterocycles. The normalized spacial score (nSPS) is 31.9. The van der Waals surface area contributed by atoms with E-state index >= 15 is 0 Å². The van der Waals surface area contributed by atoms with Crippen molar-refractivity contribution in [3.8, 4) is 5.75 Å². The molecule has 5 rings (SSSR count). The molecule has 0 aliphatic carbocycles. The summed E-state index contributed by atoms with van der Waals surface area (Å²) >= 11 is 11.2. The number of hydrogen-bond donors (Lipinski definition) is 3. The number of halogens is 1. The Balaban J connectivity index is 1.77. The van der Waals surface area contributed by atoms with Gasteiger partial charge in [0.25, 0.3) is 0 Å². The lowest BCUT2D eigenvalue weighted by molar-refractivity contribution is -0.328. The fraction of sp³-hybridized carbons (Fsp3) is 0.622. The zero-order valence-corrected chi connectivity index (χ0v) is 33.2. The van der Waals surface area contributed by atoms with Gasteiger partial charge >= 0.3 is 12.1 Å². The topological polar surface area (TPSA) is 153 Å². The molecule has 0 aromatic heterocycles. The van der Waals surface area contributed by atoms with Crippen molar-refractivity contribution in [2.75, 3.05) is 33.2 Å². The molecule has 4 aliphatic rings. The molecule has 1 unspecified atom stereocenters. The van der Waals surface area contributed by atoms with Crippen molar-refractivity contribution in [2.24, 2.45) is 0 Å². The Labute approximate surface area is 316 Å². The number of likely N-dealkylation sites (N-methyl/N-ethyl adjacent to an activating group) is 1.